The molecular weight excluding hydrogens is 478 g/mol. The number of carbonyl (C=O) groups is 1. The van der Waals surface area contributed by atoms with Gasteiger partial charge in [0.25, 0.3) is 0 Å². The second kappa shape index (κ2) is 8.63. The lowest BCUT2D eigenvalue weighted by atomic mass is 9.95. The Morgan fingerprint density at radius 3 is 2.41 bits per heavy atom. The Kier molecular flexibility index (Phi) is 6.44. The fourth-order valence-corrected chi connectivity index (χ4v) is 4.71. The van der Waals surface area contributed by atoms with E-state index in [1.807, 2.05) is 36.4 Å². The largest absolute Gasteiger partial charge is 0.493 e. The minimum absolute atomic E-state index is 0.238. The summed E-state index contributed by atoms with van der Waals surface area (Å²) >= 11 is 7.29. The van der Waals surface area contributed by atoms with Crippen LogP contribution >= 0.6 is 31.9 Å². The van der Waals surface area contributed by atoms with Crippen LogP contribution in [0.15, 0.2) is 45.3 Å². The van der Waals surface area contributed by atoms with E-state index in [1.54, 1.807) is 14.2 Å². The van der Waals surface area contributed by atoms with Crippen molar-refractivity contribution in [2.45, 2.75) is 24.9 Å². The highest BCUT2D eigenvalue weighted by molar-refractivity contribution is 9.10. The fraction of sp³-hybridized carbons (Fsp3) is 0.350. The molecule has 2 aromatic rings. The molecule has 2 aromatic carbocycles. The fourth-order valence-electron chi connectivity index (χ4n) is 3.66. The maximum Gasteiger partial charge on any atom is 0.320 e. The van der Waals surface area contributed by atoms with Gasteiger partial charge in [0, 0.05) is 15.5 Å². The van der Waals surface area contributed by atoms with Gasteiger partial charge in [0.2, 0.25) is 0 Å². The van der Waals surface area contributed by atoms with Crippen LogP contribution in [0, 0.1) is 0 Å². The van der Waals surface area contributed by atoms with E-state index in [4.69, 9.17) is 9.47 Å². The number of nitrogens with zero attached hydrogens (tertiary/aromatic N) is 1. The van der Waals surface area contributed by atoms with Crippen molar-refractivity contribution >= 4 is 37.8 Å². The molecule has 1 N–H and O–H groups in total. The molecule has 5 nitrogen and oxygen atoms in total. The molecule has 0 bridgehead atoms. The van der Waals surface area contributed by atoms with E-state index in [0.717, 1.165) is 26.5 Å². The topological polar surface area (TPSA) is 59.0 Å². The molecule has 1 aliphatic heterocycles. The lowest BCUT2D eigenvalue weighted by Crippen LogP contribution is -2.39. The number of ether oxygens (including phenoxy) is 2. The van der Waals surface area contributed by atoms with Crippen LogP contribution < -0.4 is 9.47 Å². The van der Waals surface area contributed by atoms with Crippen molar-refractivity contribution in [2.75, 3.05) is 20.8 Å². The van der Waals surface area contributed by atoms with Crippen molar-refractivity contribution in [3.05, 3.63) is 56.5 Å². The average molecular weight is 499 g/mol. The highest BCUT2D eigenvalue weighted by atomic mass is 79.9. The average Bonchev–Trinajstić information content (AvgIpc) is 3.14. The van der Waals surface area contributed by atoms with Crippen LogP contribution in [0.5, 0.6) is 11.5 Å². The molecule has 7 heteroatoms. The first kappa shape index (κ1) is 20.2. The second-order valence-corrected chi connectivity index (χ2v) is 8.10. The molecule has 3 rings (SSSR count). The predicted molar refractivity (Wildman–Crippen MR) is 111 cm³/mol. The van der Waals surface area contributed by atoms with Crippen molar-refractivity contribution in [2.24, 2.45) is 0 Å². The van der Waals surface area contributed by atoms with E-state index in [9.17, 15) is 9.90 Å². The van der Waals surface area contributed by atoms with E-state index in [-0.39, 0.29) is 6.04 Å². The summed E-state index contributed by atoms with van der Waals surface area (Å²) < 4.78 is 12.7. The van der Waals surface area contributed by atoms with Crippen molar-refractivity contribution in [3.8, 4) is 11.5 Å². The highest BCUT2D eigenvalue weighted by Gasteiger charge is 2.38. The van der Waals surface area contributed by atoms with Gasteiger partial charge in [-0.25, -0.2) is 0 Å². The van der Waals surface area contributed by atoms with Crippen LogP contribution in [0.4, 0.5) is 0 Å². The quantitative estimate of drug-likeness (QED) is 0.615. The Morgan fingerprint density at radius 1 is 1.11 bits per heavy atom. The van der Waals surface area contributed by atoms with Gasteiger partial charge in [0.1, 0.15) is 6.04 Å². The van der Waals surface area contributed by atoms with E-state index in [0.29, 0.717) is 24.5 Å². The monoisotopic (exact) mass is 497 g/mol. The Hall–Kier alpha value is -1.57. The van der Waals surface area contributed by atoms with Crippen LogP contribution in [0.25, 0.3) is 0 Å². The minimum Gasteiger partial charge on any atom is -0.493 e. The number of likely N-dealkylation sites (tertiary alicyclic amines) is 1. The predicted octanol–water partition coefficient (Wildman–Crippen LogP) is 4.87. The Morgan fingerprint density at radius 2 is 1.78 bits per heavy atom. The van der Waals surface area contributed by atoms with Gasteiger partial charge in [-0.05, 0) is 42.2 Å². The van der Waals surface area contributed by atoms with Crippen LogP contribution in [0.2, 0.25) is 0 Å². The molecule has 27 heavy (non-hydrogen) atoms. The summed E-state index contributed by atoms with van der Waals surface area (Å²) in [5, 5.41) is 9.74. The zero-order chi connectivity index (χ0) is 19.6. The van der Waals surface area contributed by atoms with Gasteiger partial charge in [0.05, 0.1) is 20.3 Å². The highest BCUT2D eigenvalue weighted by Crippen LogP contribution is 2.44. The van der Waals surface area contributed by atoms with E-state index in [1.165, 1.54) is 0 Å². The molecule has 1 heterocycles. The van der Waals surface area contributed by atoms with Crippen molar-refractivity contribution in [1.82, 2.24) is 4.90 Å². The Balaban J connectivity index is 2.19. The molecule has 2 atom stereocenters. The smallest absolute Gasteiger partial charge is 0.320 e. The first-order valence-corrected chi connectivity index (χ1v) is 10.2. The number of carboxylic acids is 1. The summed E-state index contributed by atoms with van der Waals surface area (Å²) in [6.07, 6.45) is 1.49. The molecule has 144 valence electrons. The van der Waals surface area contributed by atoms with Crippen molar-refractivity contribution in [1.29, 1.82) is 0 Å². The third kappa shape index (κ3) is 4.00. The molecule has 0 aliphatic carbocycles. The molecule has 2 unspecified atom stereocenters. The summed E-state index contributed by atoms with van der Waals surface area (Å²) in [5.74, 6) is 0.440. The van der Waals surface area contributed by atoms with Crippen molar-refractivity contribution < 1.29 is 19.4 Å². The normalized spacial score (nSPS) is 18.3. The number of rotatable bonds is 6. The number of benzene rings is 2. The van der Waals surface area contributed by atoms with Gasteiger partial charge >= 0.3 is 5.97 Å². The maximum atomic E-state index is 11.9. The van der Waals surface area contributed by atoms with Gasteiger partial charge in [-0.1, -0.05) is 50.1 Å². The first-order valence-electron chi connectivity index (χ1n) is 8.62. The number of hydrogen-bond acceptors (Lipinski definition) is 4. The van der Waals surface area contributed by atoms with Crippen LogP contribution in [0.3, 0.4) is 0 Å². The maximum absolute atomic E-state index is 11.9. The number of aliphatic carboxylic acids is 1. The summed E-state index contributed by atoms with van der Waals surface area (Å²) in [4.78, 5) is 13.9. The molecular formula is C20H21Br2NO4. The lowest BCUT2D eigenvalue weighted by molar-refractivity contribution is -0.142. The van der Waals surface area contributed by atoms with Crippen molar-refractivity contribution in [3.63, 3.8) is 0 Å². The van der Waals surface area contributed by atoms with E-state index >= 15 is 0 Å². The van der Waals surface area contributed by atoms with Gasteiger partial charge in [-0.3, -0.25) is 9.69 Å². The second-order valence-electron chi connectivity index (χ2n) is 6.39. The summed E-state index contributed by atoms with van der Waals surface area (Å²) in [6, 6.07) is 10.9. The van der Waals surface area contributed by atoms with Gasteiger partial charge in [0.15, 0.2) is 11.5 Å². The number of methoxy groups -OCH3 is 2. The zero-order valence-corrected chi connectivity index (χ0v) is 18.3. The van der Waals surface area contributed by atoms with Crippen LogP contribution in [-0.4, -0.2) is 42.8 Å². The summed E-state index contributed by atoms with van der Waals surface area (Å²) in [5.41, 5.74) is 1.95. The number of carboxylic acid groups (broad SMARTS) is 1. The first-order chi connectivity index (χ1) is 13.0. The molecule has 0 saturated carbocycles. The molecule has 0 spiro atoms. The zero-order valence-electron chi connectivity index (χ0n) is 15.1. The third-order valence-electron chi connectivity index (χ3n) is 4.91. The van der Waals surface area contributed by atoms with Gasteiger partial charge in [-0.2, -0.15) is 0 Å². The minimum atomic E-state index is -0.791. The standard InChI is InChI=1S/C20H21Br2NO4/c1-26-17-10-13(15(22)11-18(17)27-2)19(12-6-3-4-7-14(12)21)23-9-5-8-16(23)20(24)25/h3-4,6-7,10-11,16,19H,5,8-9H2,1-2H3,(H,24,25). The van der Waals surface area contributed by atoms with E-state index in [2.05, 4.69) is 36.8 Å². The number of halogens is 2. The third-order valence-corrected chi connectivity index (χ3v) is 6.32. The molecule has 1 fully saturated rings. The molecule has 1 saturated heterocycles. The molecule has 0 amide bonds. The summed E-state index contributed by atoms with van der Waals surface area (Å²) in [7, 11) is 3.19. The SMILES string of the molecule is COc1cc(Br)c(C(c2ccccc2Br)N2CCCC2C(=O)O)cc1OC. The Labute approximate surface area is 175 Å². The molecule has 0 aromatic heterocycles. The summed E-state index contributed by atoms with van der Waals surface area (Å²) in [6.45, 7) is 0.712. The van der Waals surface area contributed by atoms with Crippen LogP contribution in [-0.2, 0) is 4.79 Å². The van der Waals surface area contributed by atoms with E-state index < -0.39 is 12.0 Å². The molecule has 1 aliphatic rings. The number of hydrogen-bond donors (Lipinski definition) is 1. The Bertz CT molecular complexity index is 843. The van der Waals surface area contributed by atoms with Crippen LogP contribution in [0.1, 0.15) is 30.0 Å². The van der Waals surface area contributed by atoms with Gasteiger partial charge < -0.3 is 14.6 Å². The molecule has 0 radical (unpaired) electrons. The van der Waals surface area contributed by atoms with Gasteiger partial charge in [-0.15, -0.1) is 0 Å². The lowest BCUT2D eigenvalue weighted by Gasteiger charge is -2.33.